The summed E-state index contributed by atoms with van der Waals surface area (Å²) in [6.45, 7) is 2.61. The highest BCUT2D eigenvalue weighted by molar-refractivity contribution is 6.04. The van der Waals surface area contributed by atoms with Gasteiger partial charge in [-0.15, -0.1) is 5.10 Å². The highest BCUT2D eigenvalue weighted by Gasteiger charge is 2.11. The molecular formula is C16H16N6O2. The second-order valence-electron chi connectivity index (χ2n) is 4.98. The number of carbonyl (C=O) groups excluding carboxylic acids is 1. The minimum Gasteiger partial charge on any atom is -0.491 e. The van der Waals surface area contributed by atoms with Gasteiger partial charge in [0.25, 0.3) is 5.91 Å². The van der Waals surface area contributed by atoms with Gasteiger partial charge in [-0.05, 0) is 47.2 Å². The molecule has 3 rings (SSSR count). The molecule has 3 aromatic rings. The summed E-state index contributed by atoms with van der Waals surface area (Å²) in [6.07, 6.45) is 5.50. The standard InChI is InChI=1S/C16H16N6O2/c1-2-9-24-15-4-3-13(10-14(15)22-11-18-20-21-22)19-16(23)12-5-7-17-8-6-12/h3-8,10-11H,2,9H2,1H3,(H,19,23). The van der Waals surface area contributed by atoms with E-state index in [0.717, 1.165) is 6.42 Å². The minimum absolute atomic E-state index is 0.220. The van der Waals surface area contributed by atoms with Crippen molar-refractivity contribution in [3.05, 3.63) is 54.6 Å². The number of ether oxygens (including phenoxy) is 1. The lowest BCUT2D eigenvalue weighted by atomic mass is 10.2. The number of hydrogen-bond acceptors (Lipinski definition) is 6. The molecule has 0 saturated carbocycles. The molecule has 122 valence electrons. The maximum Gasteiger partial charge on any atom is 0.255 e. The van der Waals surface area contributed by atoms with E-state index in [1.54, 1.807) is 42.7 Å². The molecule has 2 aromatic heterocycles. The molecule has 8 heteroatoms. The molecule has 0 fully saturated rings. The number of amides is 1. The van der Waals surface area contributed by atoms with Gasteiger partial charge in [-0.3, -0.25) is 9.78 Å². The first-order chi connectivity index (χ1) is 11.8. The third-order valence-corrected chi connectivity index (χ3v) is 3.22. The number of rotatable bonds is 6. The van der Waals surface area contributed by atoms with Crippen LogP contribution in [0.15, 0.2) is 49.1 Å². The predicted octanol–water partition coefficient (Wildman–Crippen LogP) is 2.10. The monoisotopic (exact) mass is 324 g/mol. The Morgan fingerprint density at radius 2 is 2.08 bits per heavy atom. The summed E-state index contributed by atoms with van der Waals surface area (Å²) in [5, 5.41) is 14.0. The second-order valence-corrected chi connectivity index (χ2v) is 4.98. The number of nitrogens with one attached hydrogen (secondary N) is 1. The zero-order chi connectivity index (χ0) is 16.8. The second kappa shape index (κ2) is 7.32. The van der Waals surface area contributed by atoms with Crippen LogP contribution in [0.4, 0.5) is 5.69 Å². The van der Waals surface area contributed by atoms with E-state index in [9.17, 15) is 4.79 Å². The van der Waals surface area contributed by atoms with Crippen molar-refractivity contribution in [3.8, 4) is 11.4 Å². The van der Waals surface area contributed by atoms with Crippen molar-refractivity contribution < 1.29 is 9.53 Å². The first kappa shape index (κ1) is 15.6. The van der Waals surface area contributed by atoms with Gasteiger partial charge in [0.15, 0.2) is 0 Å². The lowest BCUT2D eigenvalue weighted by Crippen LogP contribution is -2.12. The largest absolute Gasteiger partial charge is 0.491 e. The van der Waals surface area contributed by atoms with Gasteiger partial charge in [0.2, 0.25) is 0 Å². The van der Waals surface area contributed by atoms with Gasteiger partial charge in [0.1, 0.15) is 17.8 Å². The molecule has 0 aliphatic heterocycles. The van der Waals surface area contributed by atoms with E-state index in [4.69, 9.17) is 4.74 Å². The molecule has 0 aliphatic carbocycles. The van der Waals surface area contributed by atoms with E-state index >= 15 is 0 Å². The zero-order valence-electron chi connectivity index (χ0n) is 13.1. The van der Waals surface area contributed by atoms with Gasteiger partial charge in [0, 0.05) is 23.6 Å². The third kappa shape index (κ3) is 3.54. The van der Waals surface area contributed by atoms with Crippen LogP contribution < -0.4 is 10.1 Å². The van der Waals surface area contributed by atoms with Crippen molar-refractivity contribution in [2.24, 2.45) is 0 Å². The van der Waals surface area contributed by atoms with Crippen LogP contribution in [0.25, 0.3) is 5.69 Å². The Labute approximate surface area is 138 Å². The number of pyridine rings is 1. The van der Waals surface area contributed by atoms with Crippen LogP contribution in [0, 0.1) is 0 Å². The fourth-order valence-corrected chi connectivity index (χ4v) is 2.09. The molecule has 0 unspecified atom stereocenters. The average molecular weight is 324 g/mol. The predicted molar refractivity (Wildman–Crippen MR) is 87.1 cm³/mol. The van der Waals surface area contributed by atoms with Gasteiger partial charge in [0.05, 0.1) is 6.61 Å². The van der Waals surface area contributed by atoms with Crippen LogP contribution in [0.5, 0.6) is 5.75 Å². The number of tetrazole rings is 1. The summed E-state index contributed by atoms with van der Waals surface area (Å²) in [4.78, 5) is 16.2. The molecule has 1 aromatic carbocycles. The van der Waals surface area contributed by atoms with Gasteiger partial charge in [-0.1, -0.05) is 6.92 Å². The van der Waals surface area contributed by atoms with Crippen molar-refractivity contribution in [2.75, 3.05) is 11.9 Å². The molecule has 8 nitrogen and oxygen atoms in total. The number of benzene rings is 1. The van der Waals surface area contributed by atoms with Crippen LogP contribution in [0.2, 0.25) is 0 Å². The van der Waals surface area contributed by atoms with Crippen molar-refractivity contribution >= 4 is 11.6 Å². The Kier molecular flexibility index (Phi) is 4.76. The molecular weight excluding hydrogens is 308 g/mol. The Morgan fingerprint density at radius 1 is 1.25 bits per heavy atom. The topological polar surface area (TPSA) is 94.8 Å². The summed E-state index contributed by atoms with van der Waals surface area (Å²) in [6, 6.07) is 8.62. The molecule has 1 N–H and O–H groups in total. The molecule has 0 spiro atoms. The maximum atomic E-state index is 12.3. The van der Waals surface area contributed by atoms with Crippen molar-refractivity contribution in [1.29, 1.82) is 0 Å². The van der Waals surface area contributed by atoms with Gasteiger partial charge in [-0.2, -0.15) is 4.68 Å². The van der Waals surface area contributed by atoms with Gasteiger partial charge >= 0.3 is 0 Å². The maximum absolute atomic E-state index is 12.3. The first-order valence-electron chi connectivity index (χ1n) is 7.49. The summed E-state index contributed by atoms with van der Waals surface area (Å²) >= 11 is 0. The fraction of sp³-hybridized carbons (Fsp3) is 0.188. The molecule has 24 heavy (non-hydrogen) atoms. The number of hydrogen-bond donors (Lipinski definition) is 1. The molecule has 1 amide bonds. The Balaban J connectivity index is 1.87. The number of carbonyl (C=O) groups is 1. The molecule has 0 radical (unpaired) electrons. The van der Waals surface area contributed by atoms with Crippen LogP contribution in [-0.4, -0.2) is 37.7 Å². The fourth-order valence-electron chi connectivity index (χ4n) is 2.09. The smallest absolute Gasteiger partial charge is 0.255 e. The average Bonchev–Trinajstić information content (AvgIpc) is 3.16. The van der Waals surface area contributed by atoms with E-state index in [0.29, 0.717) is 29.3 Å². The third-order valence-electron chi connectivity index (χ3n) is 3.22. The van der Waals surface area contributed by atoms with E-state index in [1.807, 2.05) is 6.92 Å². The lowest BCUT2D eigenvalue weighted by Gasteiger charge is -2.12. The quantitative estimate of drug-likeness (QED) is 0.746. The molecule has 2 heterocycles. The molecule has 0 bridgehead atoms. The van der Waals surface area contributed by atoms with Gasteiger partial charge in [-0.25, -0.2) is 0 Å². The molecule has 0 saturated heterocycles. The Bertz CT molecular complexity index is 805. The Hall–Kier alpha value is -3.29. The Morgan fingerprint density at radius 3 is 2.79 bits per heavy atom. The summed E-state index contributed by atoms with van der Waals surface area (Å²) in [5.41, 5.74) is 1.80. The van der Waals surface area contributed by atoms with Gasteiger partial charge < -0.3 is 10.1 Å². The first-order valence-corrected chi connectivity index (χ1v) is 7.49. The molecule has 0 aliphatic rings. The number of anilines is 1. The van der Waals surface area contributed by atoms with Crippen LogP contribution in [-0.2, 0) is 0 Å². The highest BCUT2D eigenvalue weighted by atomic mass is 16.5. The van der Waals surface area contributed by atoms with E-state index < -0.39 is 0 Å². The van der Waals surface area contributed by atoms with Crippen molar-refractivity contribution in [1.82, 2.24) is 25.2 Å². The normalized spacial score (nSPS) is 10.4. The number of aromatic nitrogens is 5. The molecule has 0 atom stereocenters. The van der Waals surface area contributed by atoms with Crippen molar-refractivity contribution in [2.45, 2.75) is 13.3 Å². The van der Waals surface area contributed by atoms with Crippen LogP contribution in [0.1, 0.15) is 23.7 Å². The lowest BCUT2D eigenvalue weighted by molar-refractivity contribution is 0.102. The minimum atomic E-state index is -0.220. The van der Waals surface area contributed by atoms with E-state index in [1.165, 1.54) is 11.0 Å². The zero-order valence-corrected chi connectivity index (χ0v) is 13.1. The SMILES string of the molecule is CCCOc1ccc(NC(=O)c2ccncc2)cc1-n1cnnn1. The summed E-state index contributed by atoms with van der Waals surface area (Å²) < 4.78 is 7.21. The van der Waals surface area contributed by atoms with Crippen LogP contribution in [0.3, 0.4) is 0 Å². The highest BCUT2D eigenvalue weighted by Crippen LogP contribution is 2.26. The number of nitrogens with zero attached hydrogens (tertiary/aromatic N) is 5. The van der Waals surface area contributed by atoms with E-state index in [-0.39, 0.29) is 5.91 Å². The van der Waals surface area contributed by atoms with Crippen LogP contribution >= 0.6 is 0 Å². The summed E-state index contributed by atoms with van der Waals surface area (Å²) in [7, 11) is 0. The summed E-state index contributed by atoms with van der Waals surface area (Å²) in [5.74, 6) is 0.424. The van der Waals surface area contributed by atoms with E-state index in [2.05, 4.69) is 25.8 Å². The van der Waals surface area contributed by atoms with Crippen molar-refractivity contribution in [3.63, 3.8) is 0 Å².